The van der Waals surface area contributed by atoms with Crippen LogP contribution in [-0.2, 0) is 0 Å². The first-order chi connectivity index (χ1) is 13.4. The Morgan fingerprint density at radius 2 is 0.704 bits per heavy atom. The van der Waals surface area contributed by atoms with Crippen LogP contribution in [0.15, 0.2) is 109 Å². The van der Waals surface area contributed by atoms with E-state index in [2.05, 4.69) is 108 Å². The lowest BCUT2D eigenvalue weighted by Gasteiger charge is -2.11. The molecule has 0 saturated carbocycles. The lowest BCUT2D eigenvalue weighted by atomic mass is 10.1. The molecule has 4 aromatic rings. The molecule has 4 aromatic carbocycles. The second-order valence-corrected chi connectivity index (χ2v) is 6.42. The van der Waals surface area contributed by atoms with Gasteiger partial charge in [-0.1, -0.05) is 84.9 Å². The Hall–Kier alpha value is -3.52. The summed E-state index contributed by atoms with van der Waals surface area (Å²) >= 11 is 0. The van der Waals surface area contributed by atoms with Crippen molar-refractivity contribution >= 4 is 11.4 Å². The summed E-state index contributed by atoms with van der Waals surface area (Å²) in [5.41, 5.74) is 7.13. The molecule has 0 heterocycles. The third-order valence-electron chi connectivity index (χ3n) is 4.57. The van der Waals surface area contributed by atoms with E-state index in [0.29, 0.717) is 6.67 Å². The molecule has 0 aliphatic heterocycles. The van der Waals surface area contributed by atoms with Crippen LogP contribution in [0.2, 0.25) is 0 Å². The van der Waals surface area contributed by atoms with Gasteiger partial charge in [-0.3, -0.25) is 0 Å². The number of benzene rings is 4. The number of anilines is 2. The standard InChI is InChI=1S/C25H22N2/c1-3-7-20(8-4-1)22-11-15-24(16-12-22)26-19-27-25-17-13-23(14-18-25)21-9-5-2-6-10-21/h1-18,26-27H,19H2. The first-order valence-electron chi connectivity index (χ1n) is 9.17. The van der Waals surface area contributed by atoms with E-state index in [0.717, 1.165) is 11.4 Å². The first-order valence-corrected chi connectivity index (χ1v) is 9.17. The van der Waals surface area contributed by atoms with Crippen molar-refractivity contribution in [3.8, 4) is 22.3 Å². The highest BCUT2D eigenvalue weighted by atomic mass is 15.1. The second kappa shape index (κ2) is 8.24. The molecular weight excluding hydrogens is 328 g/mol. The summed E-state index contributed by atoms with van der Waals surface area (Å²) in [5, 5.41) is 6.81. The zero-order valence-corrected chi connectivity index (χ0v) is 15.1. The van der Waals surface area contributed by atoms with Crippen LogP contribution in [0.3, 0.4) is 0 Å². The van der Waals surface area contributed by atoms with Gasteiger partial charge in [0.15, 0.2) is 0 Å². The Bertz CT molecular complexity index is 877. The minimum absolute atomic E-state index is 0.676. The Kier molecular flexibility index (Phi) is 5.16. The van der Waals surface area contributed by atoms with Crippen LogP contribution in [0.5, 0.6) is 0 Å². The van der Waals surface area contributed by atoms with Crippen molar-refractivity contribution in [2.45, 2.75) is 0 Å². The SMILES string of the molecule is c1ccc(-c2ccc(NCNc3ccc(-c4ccccc4)cc3)cc2)cc1. The first kappa shape index (κ1) is 16.9. The summed E-state index contributed by atoms with van der Waals surface area (Å²) in [6, 6.07) is 37.9. The highest BCUT2D eigenvalue weighted by Crippen LogP contribution is 2.22. The molecule has 0 atom stereocenters. The fourth-order valence-electron chi connectivity index (χ4n) is 3.07. The van der Waals surface area contributed by atoms with E-state index < -0.39 is 0 Å². The quantitative estimate of drug-likeness (QED) is 0.388. The highest BCUT2D eigenvalue weighted by molar-refractivity contribution is 5.67. The summed E-state index contributed by atoms with van der Waals surface area (Å²) in [7, 11) is 0. The van der Waals surface area contributed by atoms with Gasteiger partial charge in [0.2, 0.25) is 0 Å². The van der Waals surface area contributed by atoms with Gasteiger partial charge in [0.1, 0.15) is 0 Å². The van der Waals surface area contributed by atoms with Gasteiger partial charge < -0.3 is 10.6 Å². The van der Waals surface area contributed by atoms with E-state index in [1.54, 1.807) is 0 Å². The second-order valence-electron chi connectivity index (χ2n) is 6.42. The molecule has 4 rings (SSSR count). The van der Waals surface area contributed by atoms with Crippen molar-refractivity contribution in [2.24, 2.45) is 0 Å². The van der Waals surface area contributed by atoms with Crippen LogP contribution in [0.25, 0.3) is 22.3 Å². The fourth-order valence-corrected chi connectivity index (χ4v) is 3.07. The van der Waals surface area contributed by atoms with E-state index in [1.165, 1.54) is 22.3 Å². The Morgan fingerprint density at radius 3 is 1.07 bits per heavy atom. The molecule has 0 spiro atoms. The average Bonchev–Trinajstić information content (AvgIpc) is 2.76. The third kappa shape index (κ3) is 4.36. The Morgan fingerprint density at radius 1 is 0.370 bits per heavy atom. The Labute approximate surface area is 160 Å². The number of nitrogens with one attached hydrogen (secondary N) is 2. The molecule has 0 aliphatic rings. The maximum atomic E-state index is 3.41. The molecule has 0 saturated heterocycles. The van der Waals surface area contributed by atoms with Crippen molar-refractivity contribution in [1.82, 2.24) is 0 Å². The summed E-state index contributed by atoms with van der Waals surface area (Å²) in [4.78, 5) is 0. The molecule has 2 N–H and O–H groups in total. The van der Waals surface area contributed by atoms with E-state index in [4.69, 9.17) is 0 Å². The van der Waals surface area contributed by atoms with E-state index in [1.807, 2.05) is 12.1 Å². The van der Waals surface area contributed by atoms with Crippen molar-refractivity contribution in [2.75, 3.05) is 17.3 Å². The van der Waals surface area contributed by atoms with Gasteiger partial charge in [0.25, 0.3) is 0 Å². The molecule has 0 radical (unpaired) electrons. The summed E-state index contributed by atoms with van der Waals surface area (Å²) in [6.45, 7) is 0.676. The molecule has 27 heavy (non-hydrogen) atoms. The van der Waals surface area contributed by atoms with E-state index in [-0.39, 0.29) is 0 Å². The lowest BCUT2D eigenvalue weighted by Crippen LogP contribution is -2.11. The monoisotopic (exact) mass is 350 g/mol. The summed E-state index contributed by atoms with van der Waals surface area (Å²) in [6.07, 6.45) is 0. The molecule has 0 amide bonds. The largest absolute Gasteiger partial charge is 0.368 e. The normalized spacial score (nSPS) is 10.4. The molecule has 0 unspecified atom stereocenters. The van der Waals surface area contributed by atoms with Crippen molar-refractivity contribution in [1.29, 1.82) is 0 Å². The molecule has 132 valence electrons. The van der Waals surface area contributed by atoms with Crippen molar-refractivity contribution in [3.63, 3.8) is 0 Å². The van der Waals surface area contributed by atoms with Gasteiger partial charge >= 0.3 is 0 Å². The van der Waals surface area contributed by atoms with Gasteiger partial charge in [-0.25, -0.2) is 0 Å². The maximum Gasteiger partial charge on any atom is 0.0849 e. The number of hydrogen-bond acceptors (Lipinski definition) is 2. The van der Waals surface area contributed by atoms with Crippen LogP contribution in [-0.4, -0.2) is 6.67 Å². The van der Waals surface area contributed by atoms with E-state index in [9.17, 15) is 0 Å². The molecule has 0 bridgehead atoms. The summed E-state index contributed by atoms with van der Waals surface area (Å²) in [5.74, 6) is 0. The lowest BCUT2D eigenvalue weighted by molar-refractivity contribution is 1.22. The predicted octanol–water partition coefficient (Wildman–Crippen LogP) is 6.50. The zero-order chi connectivity index (χ0) is 18.3. The van der Waals surface area contributed by atoms with Crippen LogP contribution < -0.4 is 10.6 Å². The van der Waals surface area contributed by atoms with Gasteiger partial charge in [-0.05, 0) is 46.5 Å². The number of hydrogen-bond donors (Lipinski definition) is 2. The minimum atomic E-state index is 0.676. The molecule has 0 aromatic heterocycles. The van der Waals surface area contributed by atoms with Gasteiger partial charge in [0.05, 0.1) is 6.67 Å². The van der Waals surface area contributed by atoms with Gasteiger partial charge in [-0.2, -0.15) is 0 Å². The van der Waals surface area contributed by atoms with Crippen LogP contribution in [0.4, 0.5) is 11.4 Å². The zero-order valence-electron chi connectivity index (χ0n) is 15.1. The average molecular weight is 350 g/mol. The van der Waals surface area contributed by atoms with Crippen LogP contribution >= 0.6 is 0 Å². The van der Waals surface area contributed by atoms with Crippen LogP contribution in [0.1, 0.15) is 0 Å². The Balaban J connectivity index is 1.32. The maximum absolute atomic E-state index is 3.41. The highest BCUT2D eigenvalue weighted by Gasteiger charge is 1.99. The van der Waals surface area contributed by atoms with Crippen LogP contribution in [0, 0.1) is 0 Å². The van der Waals surface area contributed by atoms with Gasteiger partial charge in [-0.15, -0.1) is 0 Å². The molecule has 2 nitrogen and oxygen atoms in total. The predicted molar refractivity (Wildman–Crippen MR) is 116 cm³/mol. The molecule has 0 fully saturated rings. The van der Waals surface area contributed by atoms with Crippen molar-refractivity contribution < 1.29 is 0 Å². The molecule has 2 heteroatoms. The molecule has 0 aliphatic carbocycles. The van der Waals surface area contributed by atoms with E-state index >= 15 is 0 Å². The topological polar surface area (TPSA) is 24.1 Å². The fraction of sp³-hybridized carbons (Fsp3) is 0.0400. The van der Waals surface area contributed by atoms with Crippen molar-refractivity contribution in [3.05, 3.63) is 109 Å². The third-order valence-corrected chi connectivity index (χ3v) is 4.57. The minimum Gasteiger partial charge on any atom is -0.368 e. The van der Waals surface area contributed by atoms with Gasteiger partial charge in [0, 0.05) is 11.4 Å². The smallest absolute Gasteiger partial charge is 0.0849 e. The summed E-state index contributed by atoms with van der Waals surface area (Å²) < 4.78 is 0. The molecular formula is C25H22N2. The number of rotatable bonds is 6.